The van der Waals surface area contributed by atoms with Crippen LogP contribution in [0.2, 0.25) is 0 Å². The molecule has 5 nitrogen and oxygen atoms in total. The second-order valence-electron chi connectivity index (χ2n) is 4.85. The highest BCUT2D eigenvalue weighted by atomic mass is 16.2. The van der Waals surface area contributed by atoms with E-state index in [1.54, 1.807) is 30.1 Å². The van der Waals surface area contributed by atoms with E-state index in [4.69, 9.17) is 10.5 Å². The Labute approximate surface area is 118 Å². The lowest BCUT2D eigenvalue weighted by atomic mass is 10.1. The normalized spacial score (nSPS) is 19.1. The van der Waals surface area contributed by atoms with E-state index in [9.17, 15) is 4.79 Å². The third kappa shape index (κ3) is 2.73. The summed E-state index contributed by atoms with van der Waals surface area (Å²) in [5.74, 6) is -0.0357. The highest BCUT2D eigenvalue weighted by molar-refractivity contribution is 5.86. The molecule has 0 saturated carbocycles. The maximum atomic E-state index is 12.3. The van der Waals surface area contributed by atoms with Gasteiger partial charge >= 0.3 is 0 Å². The summed E-state index contributed by atoms with van der Waals surface area (Å²) >= 11 is 0. The van der Waals surface area contributed by atoms with Crippen molar-refractivity contribution in [3.8, 4) is 12.1 Å². The number of nitriles is 2. The molecule has 102 valence electrons. The van der Waals surface area contributed by atoms with E-state index >= 15 is 0 Å². The van der Waals surface area contributed by atoms with Gasteiger partial charge in [-0.3, -0.25) is 4.79 Å². The molecule has 1 atom stereocenters. The number of amides is 1. The molecule has 20 heavy (non-hydrogen) atoms. The number of hydrogen-bond donors (Lipinski definition) is 0. The quantitative estimate of drug-likeness (QED) is 0.815. The van der Waals surface area contributed by atoms with Gasteiger partial charge in [-0.05, 0) is 24.6 Å². The van der Waals surface area contributed by atoms with Crippen LogP contribution in [-0.2, 0) is 4.79 Å². The molecule has 0 spiro atoms. The lowest BCUT2D eigenvalue weighted by Gasteiger charge is -2.30. The standard InChI is InChI=1S/C15H16N4O/c1-18-8-3-9-19(14(6-7-16)15(18)20)13-5-2-4-12(10-13)11-17/h2,4-5,10,14H,3,6,8-9H2,1H3. The Kier molecular flexibility index (Phi) is 4.22. The predicted octanol–water partition coefficient (Wildman–Crippen LogP) is 1.51. The molecule has 0 bridgehead atoms. The molecule has 1 fully saturated rings. The summed E-state index contributed by atoms with van der Waals surface area (Å²) in [6.07, 6.45) is 1.00. The molecule has 0 aromatic heterocycles. The van der Waals surface area contributed by atoms with Crippen molar-refractivity contribution in [1.29, 1.82) is 10.5 Å². The van der Waals surface area contributed by atoms with Crippen molar-refractivity contribution in [3.63, 3.8) is 0 Å². The van der Waals surface area contributed by atoms with E-state index in [1.807, 2.05) is 11.0 Å². The Morgan fingerprint density at radius 3 is 2.85 bits per heavy atom. The summed E-state index contributed by atoms with van der Waals surface area (Å²) in [5, 5.41) is 18.0. The van der Waals surface area contributed by atoms with Gasteiger partial charge in [0.05, 0.1) is 24.1 Å². The highest BCUT2D eigenvalue weighted by Gasteiger charge is 2.31. The van der Waals surface area contributed by atoms with E-state index in [1.165, 1.54) is 0 Å². The summed E-state index contributed by atoms with van der Waals surface area (Å²) in [7, 11) is 1.77. The van der Waals surface area contributed by atoms with Gasteiger partial charge in [0, 0.05) is 25.8 Å². The van der Waals surface area contributed by atoms with E-state index in [0.717, 1.165) is 12.1 Å². The molecular weight excluding hydrogens is 252 g/mol. The van der Waals surface area contributed by atoms with Gasteiger partial charge in [-0.1, -0.05) is 6.07 Å². The number of nitrogens with zero attached hydrogens (tertiary/aromatic N) is 4. The van der Waals surface area contributed by atoms with Gasteiger partial charge < -0.3 is 9.80 Å². The van der Waals surface area contributed by atoms with Crippen molar-refractivity contribution >= 4 is 11.6 Å². The fraction of sp³-hybridized carbons (Fsp3) is 0.400. The van der Waals surface area contributed by atoms with Crippen LogP contribution in [0.1, 0.15) is 18.4 Å². The van der Waals surface area contributed by atoms with Crippen LogP contribution in [-0.4, -0.2) is 37.0 Å². The number of hydrogen-bond acceptors (Lipinski definition) is 4. The maximum absolute atomic E-state index is 12.3. The van der Waals surface area contributed by atoms with Crippen molar-refractivity contribution in [3.05, 3.63) is 29.8 Å². The highest BCUT2D eigenvalue weighted by Crippen LogP contribution is 2.23. The lowest BCUT2D eigenvalue weighted by molar-refractivity contribution is -0.130. The smallest absolute Gasteiger partial charge is 0.246 e. The van der Waals surface area contributed by atoms with Gasteiger partial charge in [0.2, 0.25) is 5.91 Å². The van der Waals surface area contributed by atoms with Gasteiger partial charge in [-0.2, -0.15) is 10.5 Å². The molecular formula is C15H16N4O. The van der Waals surface area contributed by atoms with Crippen LogP contribution in [0.5, 0.6) is 0 Å². The molecule has 1 aliphatic heterocycles. The second-order valence-corrected chi connectivity index (χ2v) is 4.85. The van der Waals surface area contributed by atoms with Crippen LogP contribution in [0.25, 0.3) is 0 Å². The summed E-state index contributed by atoms with van der Waals surface area (Å²) in [4.78, 5) is 16.0. The molecule has 1 aliphatic rings. The van der Waals surface area contributed by atoms with Crippen LogP contribution in [0.15, 0.2) is 24.3 Å². The Hall–Kier alpha value is -2.53. The number of anilines is 1. The summed E-state index contributed by atoms with van der Waals surface area (Å²) in [6, 6.07) is 10.9. The zero-order chi connectivity index (χ0) is 14.5. The van der Waals surface area contributed by atoms with Gasteiger partial charge in [0.25, 0.3) is 0 Å². The van der Waals surface area contributed by atoms with Crippen LogP contribution in [0.3, 0.4) is 0 Å². The fourth-order valence-electron chi connectivity index (χ4n) is 2.48. The first-order chi connectivity index (χ1) is 9.67. The van der Waals surface area contributed by atoms with Gasteiger partial charge in [0.15, 0.2) is 0 Å². The zero-order valence-corrected chi connectivity index (χ0v) is 11.4. The van der Waals surface area contributed by atoms with Gasteiger partial charge in [0.1, 0.15) is 6.04 Å². The Morgan fingerprint density at radius 2 is 2.15 bits per heavy atom. The monoisotopic (exact) mass is 268 g/mol. The zero-order valence-electron chi connectivity index (χ0n) is 11.4. The SMILES string of the molecule is CN1CCCN(c2cccc(C#N)c2)C(CC#N)C1=O. The third-order valence-electron chi connectivity index (χ3n) is 3.52. The first-order valence-corrected chi connectivity index (χ1v) is 6.56. The number of likely N-dealkylation sites (N-methyl/N-ethyl adjacent to an activating group) is 1. The molecule has 1 amide bonds. The van der Waals surface area contributed by atoms with Crippen molar-refractivity contribution in [2.75, 3.05) is 25.0 Å². The summed E-state index contributed by atoms with van der Waals surface area (Å²) in [6.45, 7) is 1.40. The molecule has 1 heterocycles. The predicted molar refractivity (Wildman–Crippen MR) is 74.8 cm³/mol. The topological polar surface area (TPSA) is 71.1 Å². The minimum Gasteiger partial charge on any atom is -0.359 e. The maximum Gasteiger partial charge on any atom is 0.246 e. The van der Waals surface area contributed by atoms with Crippen LogP contribution >= 0.6 is 0 Å². The third-order valence-corrected chi connectivity index (χ3v) is 3.52. The molecule has 1 saturated heterocycles. The fourth-order valence-corrected chi connectivity index (χ4v) is 2.48. The average Bonchev–Trinajstić information content (AvgIpc) is 2.61. The van der Waals surface area contributed by atoms with Crippen molar-refractivity contribution in [1.82, 2.24) is 4.90 Å². The number of carbonyl (C=O) groups is 1. The minimum absolute atomic E-state index is 0.0357. The van der Waals surface area contributed by atoms with Gasteiger partial charge in [-0.15, -0.1) is 0 Å². The molecule has 0 aliphatic carbocycles. The molecule has 2 rings (SSSR count). The minimum atomic E-state index is -0.471. The summed E-state index contributed by atoms with van der Waals surface area (Å²) < 4.78 is 0. The van der Waals surface area contributed by atoms with Crippen LogP contribution < -0.4 is 4.90 Å². The molecule has 1 aromatic carbocycles. The molecule has 1 aromatic rings. The van der Waals surface area contributed by atoms with Crippen LogP contribution in [0, 0.1) is 22.7 Å². The first-order valence-electron chi connectivity index (χ1n) is 6.56. The molecule has 0 N–H and O–H groups in total. The number of carbonyl (C=O) groups excluding carboxylic acids is 1. The lowest BCUT2D eigenvalue weighted by Crippen LogP contribution is -2.44. The van der Waals surface area contributed by atoms with E-state index in [0.29, 0.717) is 18.7 Å². The largest absolute Gasteiger partial charge is 0.359 e. The number of benzene rings is 1. The molecule has 1 unspecified atom stereocenters. The van der Waals surface area contributed by atoms with E-state index < -0.39 is 6.04 Å². The average molecular weight is 268 g/mol. The number of rotatable bonds is 2. The van der Waals surface area contributed by atoms with Crippen molar-refractivity contribution < 1.29 is 4.79 Å². The molecule has 0 radical (unpaired) electrons. The van der Waals surface area contributed by atoms with Crippen molar-refractivity contribution in [2.45, 2.75) is 18.9 Å². The Morgan fingerprint density at radius 1 is 1.35 bits per heavy atom. The first kappa shape index (κ1) is 13.9. The Balaban J connectivity index is 2.38. The van der Waals surface area contributed by atoms with Gasteiger partial charge in [-0.25, -0.2) is 0 Å². The second kappa shape index (κ2) is 6.08. The van der Waals surface area contributed by atoms with Crippen LogP contribution in [0.4, 0.5) is 5.69 Å². The molecule has 5 heteroatoms. The van der Waals surface area contributed by atoms with E-state index in [2.05, 4.69) is 12.1 Å². The van der Waals surface area contributed by atoms with E-state index in [-0.39, 0.29) is 12.3 Å². The Bertz CT molecular complexity index is 584. The summed E-state index contributed by atoms with van der Waals surface area (Å²) in [5.41, 5.74) is 1.39. The van der Waals surface area contributed by atoms with Crippen molar-refractivity contribution in [2.24, 2.45) is 0 Å².